The lowest BCUT2D eigenvalue weighted by molar-refractivity contribution is 0.107. The van der Waals surface area contributed by atoms with Gasteiger partial charge in [0.1, 0.15) is 6.26 Å². The smallest absolute Gasteiger partial charge is 0.244 e. The molecule has 7 heteroatoms. The van der Waals surface area contributed by atoms with Crippen molar-refractivity contribution in [3.05, 3.63) is 30.1 Å². The van der Waals surface area contributed by atoms with Crippen LogP contribution in [0.4, 0.5) is 0 Å². The molecule has 2 atom stereocenters. The van der Waals surface area contributed by atoms with Crippen LogP contribution >= 0.6 is 0 Å². The Morgan fingerprint density at radius 1 is 1.53 bits per heavy atom. The summed E-state index contributed by atoms with van der Waals surface area (Å²) >= 11 is 0. The molecule has 1 aliphatic heterocycles. The van der Waals surface area contributed by atoms with Crippen molar-refractivity contribution >= 4 is 0 Å². The number of hydrogen-bond acceptors (Lipinski definition) is 7. The summed E-state index contributed by atoms with van der Waals surface area (Å²) in [5.41, 5.74) is 0.887. The Hall–Kier alpha value is -1.73. The van der Waals surface area contributed by atoms with Gasteiger partial charge < -0.3 is 13.7 Å². The molecule has 102 valence electrons. The Bertz CT molecular complexity index is 525. The summed E-state index contributed by atoms with van der Waals surface area (Å²) in [6.45, 7) is 3.32. The molecule has 2 unspecified atom stereocenters. The average molecular weight is 264 g/mol. The molecule has 1 fully saturated rings. The van der Waals surface area contributed by atoms with Crippen molar-refractivity contribution in [2.24, 2.45) is 0 Å². The number of aryl methyl sites for hydroxylation is 1. The van der Waals surface area contributed by atoms with Crippen molar-refractivity contribution in [1.82, 2.24) is 20.0 Å². The van der Waals surface area contributed by atoms with Crippen molar-refractivity contribution in [3.63, 3.8) is 0 Å². The second-order valence-electron chi connectivity index (χ2n) is 4.70. The molecule has 0 aliphatic carbocycles. The van der Waals surface area contributed by atoms with Crippen LogP contribution in [0, 0.1) is 6.92 Å². The first-order chi connectivity index (χ1) is 9.26. The zero-order valence-electron chi connectivity index (χ0n) is 10.9. The Labute approximate surface area is 110 Å². The van der Waals surface area contributed by atoms with Gasteiger partial charge in [-0.15, -0.1) is 0 Å². The number of likely N-dealkylation sites (tertiary alicyclic amines) is 1. The monoisotopic (exact) mass is 264 g/mol. The summed E-state index contributed by atoms with van der Waals surface area (Å²) in [6.07, 6.45) is 4.10. The molecule has 3 rings (SSSR count). The number of nitrogens with zero attached hydrogens (tertiary/aromatic N) is 4. The van der Waals surface area contributed by atoms with Gasteiger partial charge in [-0.1, -0.05) is 5.16 Å². The number of ether oxygens (including phenoxy) is 1. The maximum atomic E-state index is 5.44. The number of methoxy groups -OCH3 is 1. The second-order valence-corrected chi connectivity index (χ2v) is 4.70. The van der Waals surface area contributed by atoms with E-state index >= 15 is 0 Å². The summed E-state index contributed by atoms with van der Waals surface area (Å²) in [7, 11) is 1.72. The fourth-order valence-corrected chi connectivity index (χ4v) is 2.44. The minimum absolute atomic E-state index is 0.0721. The zero-order valence-corrected chi connectivity index (χ0v) is 10.9. The number of hydrogen-bond donors (Lipinski definition) is 0. The molecule has 0 radical (unpaired) electrons. The summed E-state index contributed by atoms with van der Waals surface area (Å²) in [5.74, 6) is 1.29. The Morgan fingerprint density at radius 2 is 2.42 bits per heavy atom. The standard InChI is InChI=1S/C12H16N4O3/c1-8-14-12(19-15-8)11-3-10(17-2)5-16(11)4-9-6-18-7-13-9/h6-7,10-11H,3-5H2,1-2H3. The van der Waals surface area contributed by atoms with E-state index in [1.807, 2.05) is 6.92 Å². The highest BCUT2D eigenvalue weighted by Crippen LogP contribution is 2.33. The normalized spacial score (nSPS) is 24.1. The minimum atomic E-state index is 0.0721. The van der Waals surface area contributed by atoms with E-state index in [1.165, 1.54) is 6.39 Å². The first-order valence-corrected chi connectivity index (χ1v) is 6.20. The van der Waals surface area contributed by atoms with Gasteiger partial charge in [-0.2, -0.15) is 4.98 Å². The van der Waals surface area contributed by atoms with E-state index < -0.39 is 0 Å². The number of aromatic nitrogens is 3. The van der Waals surface area contributed by atoms with Gasteiger partial charge in [0.05, 0.1) is 17.8 Å². The molecule has 0 bridgehead atoms. The second kappa shape index (κ2) is 5.10. The van der Waals surface area contributed by atoms with Crippen LogP contribution < -0.4 is 0 Å². The topological polar surface area (TPSA) is 77.4 Å². The molecular weight excluding hydrogens is 248 g/mol. The van der Waals surface area contributed by atoms with Crippen molar-refractivity contribution in [2.45, 2.75) is 32.0 Å². The summed E-state index contributed by atoms with van der Waals surface area (Å²) in [5, 5.41) is 3.86. The minimum Gasteiger partial charge on any atom is -0.451 e. The molecule has 7 nitrogen and oxygen atoms in total. The van der Waals surface area contributed by atoms with Gasteiger partial charge in [0.15, 0.2) is 12.2 Å². The predicted octanol–water partition coefficient (Wildman–Crippen LogP) is 1.33. The van der Waals surface area contributed by atoms with E-state index in [9.17, 15) is 0 Å². The predicted molar refractivity (Wildman–Crippen MR) is 64.1 cm³/mol. The van der Waals surface area contributed by atoms with E-state index in [-0.39, 0.29) is 12.1 Å². The van der Waals surface area contributed by atoms with E-state index in [0.717, 1.165) is 18.7 Å². The van der Waals surface area contributed by atoms with Crippen molar-refractivity contribution in [3.8, 4) is 0 Å². The van der Waals surface area contributed by atoms with Gasteiger partial charge in [0, 0.05) is 20.2 Å². The molecule has 3 heterocycles. The quantitative estimate of drug-likeness (QED) is 0.824. The summed E-state index contributed by atoms with van der Waals surface area (Å²) in [4.78, 5) is 10.7. The van der Waals surface area contributed by atoms with Crippen molar-refractivity contribution in [2.75, 3.05) is 13.7 Å². The van der Waals surface area contributed by atoms with E-state index in [4.69, 9.17) is 13.7 Å². The molecule has 2 aromatic rings. The Kier molecular flexibility index (Phi) is 3.31. The molecule has 0 N–H and O–H groups in total. The highest BCUT2D eigenvalue weighted by molar-refractivity contribution is 5.01. The largest absolute Gasteiger partial charge is 0.451 e. The highest BCUT2D eigenvalue weighted by atomic mass is 16.5. The first-order valence-electron chi connectivity index (χ1n) is 6.20. The van der Waals surface area contributed by atoms with Crippen LogP contribution in [-0.2, 0) is 11.3 Å². The average Bonchev–Trinajstić information content (AvgIpc) is 3.10. The van der Waals surface area contributed by atoms with Crippen LogP contribution in [0.15, 0.2) is 21.6 Å². The summed E-state index contributed by atoms with van der Waals surface area (Å²) < 4.78 is 15.7. The van der Waals surface area contributed by atoms with Crippen molar-refractivity contribution in [1.29, 1.82) is 0 Å². The Morgan fingerprint density at radius 3 is 3.05 bits per heavy atom. The van der Waals surface area contributed by atoms with Crippen molar-refractivity contribution < 1.29 is 13.7 Å². The van der Waals surface area contributed by atoms with Crippen LogP contribution in [0.3, 0.4) is 0 Å². The van der Waals surface area contributed by atoms with Gasteiger partial charge in [-0.3, -0.25) is 4.90 Å². The van der Waals surface area contributed by atoms with Gasteiger partial charge in [0.25, 0.3) is 0 Å². The fourth-order valence-electron chi connectivity index (χ4n) is 2.44. The zero-order chi connectivity index (χ0) is 13.2. The first kappa shape index (κ1) is 12.3. The van der Waals surface area contributed by atoms with Crippen LogP contribution in [0.5, 0.6) is 0 Å². The third-order valence-corrected chi connectivity index (χ3v) is 3.38. The van der Waals surface area contributed by atoms with Gasteiger partial charge >= 0.3 is 0 Å². The maximum absolute atomic E-state index is 5.44. The highest BCUT2D eigenvalue weighted by Gasteiger charge is 2.36. The summed E-state index contributed by atoms with van der Waals surface area (Å²) in [6, 6.07) is 0.0721. The molecule has 0 spiro atoms. The lowest BCUT2D eigenvalue weighted by atomic mass is 10.2. The van der Waals surface area contributed by atoms with Crippen LogP contribution in [0.25, 0.3) is 0 Å². The van der Waals surface area contributed by atoms with E-state index in [1.54, 1.807) is 13.4 Å². The maximum Gasteiger partial charge on any atom is 0.244 e. The molecular formula is C12H16N4O3. The van der Waals surface area contributed by atoms with Crippen LogP contribution in [0.2, 0.25) is 0 Å². The van der Waals surface area contributed by atoms with E-state index in [0.29, 0.717) is 18.3 Å². The van der Waals surface area contributed by atoms with Crippen LogP contribution in [0.1, 0.15) is 29.9 Å². The van der Waals surface area contributed by atoms with Gasteiger partial charge in [-0.25, -0.2) is 4.98 Å². The third kappa shape index (κ3) is 2.52. The van der Waals surface area contributed by atoms with E-state index in [2.05, 4.69) is 20.0 Å². The lowest BCUT2D eigenvalue weighted by Gasteiger charge is -2.19. The SMILES string of the molecule is COC1CC(c2nc(C)no2)N(Cc2cocn2)C1. The van der Waals surface area contributed by atoms with Gasteiger partial charge in [0.2, 0.25) is 5.89 Å². The molecule has 1 aliphatic rings. The molecule has 2 aromatic heterocycles. The molecule has 1 saturated heterocycles. The number of rotatable bonds is 4. The lowest BCUT2D eigenvalue weighted by Crippen LogP contribution is -2.25. The molecule has 0 saturated carbocycles. The fraction of sp³-hybridized carbons (Fsp3) is 0.583. The Balaban J connectivity index is 1.79. The van der Waals surface area contributed by atoms with Gasteiger partial charge in [-0.05, 0) is 13.3 Å². The molecule has 0 aromatic carbocycles. The van der Waals surface area contributed by atoms with Crippen LogP contribution in [-0.4, -0.2) is 39.8 Å². The third-order valence-electron chi connectivity index (χ3n) is 3.38. The molecule has 0 amide bonds. The number of oxazole rings is 1. The molecule has 19 heavy (non-hydrogen) atoms.